The van der Waals surface area contributed by atoms with Gasteiger partial charge in [-0.15, -0.1) is 0 Å². The fraction of sp³-hybridized carbons (Fsp3) is 0.391. The van der Waals surface area contributed by atoms with E-state index in [1.165, 1.54) is 30.6 Å². The molecular weight excluding hydrogens is 364 g/mol. The molecule has 2 N–H and O–H groups in total. The molecule has 6 nitrogen and oxygen atoms in total. The monoisotopic (exact) mass is 394 g/mol. The number of carbonyl (C=O) groups excluding carboxylic acids is 2. The molecule has 1 aliphatic rings. The van der Waals surface area contributed by atoms with Gasteiger partial charge in [-0.2, -0.15) is 0 Å². The number of amides is 2. The van der Waals surface area contributed by atoms with Crippen molar-refractivity contribution in [1.29, 1.82) is 0 Å². The van der Waals surface area contributed by atoms with Crippen LogP contribution in [0.1, 0.15) is 36.0 Å². The third kappa shape index (κ3) is 5.73. The second kappa shape index (κ2) is 9.96. The third-order valence-corrected chi connectivity index (χ3v) is 5.11. The normalized spacial score (nSPS) is 14.1. The highest BCUT2D eigenvalue weighted by Gasteiger charge is 2.14. The highest BCUT2D eigenvalue weighted by atomic mass is 16.2. The molecule has 0 aromatic heterocycles. The van der Waals surface area contributed by atoms with Crippen LogP contribution in [0.25, 0.3) is 0 Å². The molecule has 1 saturated heterocycles. The molecule has 0 aliphatic carbocycles. The molecule has 0 atom stereocenters. The zero-order valence-corrected chi connectivity index (χ0v) is 17.3. The predicted octanol–water partition coefficient (Wildman–Crippen LogP) is 3.82. The van der Waals surface area contributed by atoms with E-state index in [9.17, 15) is 9.59 Å². The molecule has 29 heavy (non-hydrogen) atoms. The van der Waals surface area contributed by atoms with E-state index < -0.39 is 0 Å². The summed E-state index contributed by atoms with van der Waals surface area (Å²) in [5.41, 5.74) is 3.41. The molecule has 0 saturated carbocycles. The minimum Gasteiger partial charge on any atom is -0.374 e. The SMILES string of the molecule is CN(C)C(=O)c1ccc(NC(=O)CNc2ccccc2N2CCCCCC2)cc1. The summed E-state index contributed by atoms with van der Waals surface area (Å²) in [5, 5.41) is 6.16. The smallest absolute Gasteiger partial charge is 0.253 e. The van der Waals surface area contributed by atoms with Crippen LogP contribution in [0.3, 0.4) is 0 Å². The average Bonchev–Trinajstić information content (AvgIpc) is 3.02. The van der Waals surface area contributed by atoms with Crippen molar-refractivity contribution in [2.75, 3.05) is 49.3 Å². The third-order valence-electron chi connectivity index (χ3n) is 5.11. The Bertz CT molecular complexity index is 825. The predicted molar refractivity (Wildman–Crippen MR) is 119 cm³/mol. The molecule has 0 spiro atoms. The van der Waals surface area contributed by atoms with Crippen LogP contribution in [0.4, 0.5) is 17.1 Å². The summed E-state index contributed by atoms with van der Waals surface area (Å²) in [6, 6.07) is 15.1. The van der Waals surface area contributed by atoms with Gasteiger partial charge >= 0.3 is 0 Å². The maximum atomic E-state index is 12.4. The summed E-state index contributed by atoms with van der Waals surface area (Å²) < 4.78 is 0. The first-order valence-electron chi connectivity index (χ1n) is 10.2. The molecule has 0 unspecified atom stereocenters. The lowest BCUT2D eigenvalue weighted by molar-refractivity contribution is -0.114. The largest absolute Gasteiger partial charge is 0.374 e. The van der Waals surface area contributed by atoms with Crippen LogP contribution < -0.4 is 15.5 Å². The van der Waals surface area contributed by atoms with Crippen molar-refractivity contribution in [3.63, 3.8) is 0 Å². The van der Waals surface area contributed by atoms with Gasteiger partial charge in [0.2, 0.25) is 5.91 Å². The van der Waals surface area contributed by atoms with Crippen molar-refractivity contribution in [3.8, 4) is 0 Å². The van der Waals surface area contributed by atoms with Gasteiger partial charge in [0.1, 0.15) is 0 Å². The standard InChI is InChI=1S/C23H30N4O2/c1-26(2)23(29)18-11-13-19(14-12-18)25-22(28)17-24-20-9-5-6-10-21(20)27-15-7-3-4-8-16-27/h5-6,9-14,24H,3-4,7-8,15-17H2,1-2H3,(H,25,28). The summed E-state index contributed by atoms with van der Waals surface area (Å²) >= 11 is 0. The Labute approximate surface area is 172 Å². The molecular formula is C23H30N4O2. The molecule has 2 aromatic rings. The van der Waals surface area contributed by atoms with Gasteiger partial charge in [-0.3, -0.25) is 9.59 Å². The van der Waals surface area contributed by atoms with Crippen LogP contribution >= 0.6 is 0 Å². The van der Waals surface area contributed by atoms with Crippen LogP contribution in [0.15, 0.2) is 48.5 Å². The van der Waals surface area contributed by atoms with Crippen molar-refractivity contribution >= 4 is 28.9 Å². The van der Waals surface area contributed by atoms with Gasteiger partial charge in [-0.25, -0.2) is 0 Å². The lowest BCUT2D eigenvalue weighted by Gasteiger charge is -2.25. The number of benzene rings is 2. The van der Waals surface area contributed by atoms with Crippen LogP contribution in [0.5, 0.6) is 0 Å². The molecule has 0 radical (unpaired) electrons. The summed E-state index contributed by atoms with van der Waals surface area (Å²) in [7, 11) is 3.43. The summed E-state index contributed by atoms with van der Waals surface area (Å²) in [6.45, 7) is 2.30. The Morgan fingerprint density at radius 2 is 1.59 bits per heavy atom. The number of hydrogen-bond donors (Lipinski definition) is 2. The molecule has 154 valence electrons. The molecule has 1 aliphatic heterocycles. The van der Waals surface area contributed by atoms with E-state index in [4.69, 9.17) is 0 Å². The topological polar surface area (TPSA) is 64.7 Å². The number of para-hydroxylation sites is 2. The maximum Gasteiger partial charge on any atom is 0.253 e. The average molecular weight is 395 g/mol. The van der Waals surface area contributed by atoms with Crippen LogP contribution in [0, 0.1) is 0 Å². The Kier molecular flexibility index (Phi) is 7.11. The number of nitrogens with zero attached hydrogens (tertiary/aromatic N) is 2. The lowest BCUT2D eigenvalue weighted by atomic mass is 10.2. The van der Waals surface area contributed by atoms with Gasteiger partial charge in [-0.1, -0.05) is 25.0 Å². The number of carbonyl (C=O) groups is 2. The van der Waals surface area contributed by atoms with Crippen molar-refractivity contribution < 1.29 is 9.59 Å². The highest BCUT2D eigenvalue weighted by Crippen LogP contribution is 2.27. The molecule has 1 heterocycles. The first-order valence-corrected chi connectivity index (χ1v) is 10.2. The van der Waals surface area contributed by atoms with E-state index in [0.717, 1.165) is 24.5 Å². The fourth-order valence-corrected chi connectivity index (χ4v) is 3.55. The van der Waals surface area contributed by atoms with Crippen LogP contribution in [-0.4, -0.2) is 50.4 Å². The first-order chi connectivity index (χ1) is 14.0. The minimum atomic E-state index is -0.123. The number of nitrogens with one attached hydrogen (secondary N) is 2. The van der Waals surface area contributed by atoms with E-state index >= 15 is 0 Å². The van der Waals surface area contributed by atoms with Crippen LogP contribution in [0.2, 0.25) is 0 Å². The van der Waals surface area contributed by atoms with Crippen LogP contribution in [-0.2, 0) is 4.79 Å². The molecule has 3 rings (SSSR count). The first kappa shape index (κ1) is 20.7. The van der Waals surface area contributed by atoms with E-state index in [1.54, 1.807) is 38.4 Å². The van der Waals surface area contributed by atoms with Crippen molar-refractivity contribution in [2.24, 2.45) is 0 Å². The Balaban J connectivity index is 1.58. The lowest BCUT2D eigenvalue weighted by Crippen LogP contribution is -2.26. The molecule has 2 amide bonds. The second-order valence-corrected chi connectivity index (χ2v) is 7.60. The Morgan fingerprint density at radius 3 is 2.24 bits per heavy atom. The van der Waals surface area contributed by atoms with E-state index in [1.807, 2.05) is 18.2 Å². The van der Waals surface area contributed by atoms with Gasteiger partial charge in [0.05, 0.1) is 17.9 Å². The van der Waals surface area contributed by atoms with Gasteiger partial charge in [0.25, 0.3) is 5.91 Å². The zero-order chi connectivity index (χ0) is 20.6. The van der Waals surface area contributed by atoms with Crippen molar-refractivity contribution in [2.45, 2.75) is 25.7 Å². The molecule has 1 fully saturated rings. The Hall–Kier alpha value is -3.02. The fourth-order valence-electron chi connectivity index (χ4n) is 3.55. The summed E-state index contributed by atoms with van der Waals surface area (Å²) in [6.07, 6.45) is 4.99. The van der Waals surface area contributed by atoms with E-state index in [0.29, 0.717) is 11.3 Å². The zero-order valence-electron chi connectivity index (χ0n) is 17.3. The summed E-state index contributed by atoms with van der Waals surface area (Å²) in [4.78, 5) is 28.3. The van der Waals surface area contributed by atoms with Crippen molar-refractivity contribution in [3.05, 3.63) is 54.1 Å². The van der Waals surface area contributed by atoms with E-state index in [2.05, 4.69) is 21.6 Å². The van der Waals surface area contributed by atoms with Gasteiger partial charge < -0.3 is 20.4 Å². The maximum absolute atomic E-state index is 12.4. The highest BCUT2D eigenvalue weighted by molar-refractivity contribution is 5.96. The number of hydrogen-bond acceptors (Lipinski definition) is 4. The van der Waals surface area contributed by atoms with Gasteiger partial charge in [-0.05, 0) is 49.2 Å². The molecule has 0 bridgehead atoms. The van der Waals surface area contributed by atoms with E-state index in [-0.39, 0.29) is 18.4 Å². The van der Waals surface area contributed by atoms with Gasteiger partial charge in [0.15, 0.2) is 0 Å². The quantitative estimate of drug-likeness (QED) is 0.782. The van der Waals surface area contributed by atoms with Gasteiger partial charge in [0, 0.05) is 38.4 Å². The Morgan fingerprint density at radius 1 is 0.931 bits per heavy atom. The molecule has 2 aromatic carbocycles. The second-order valence-electron chi connectivity index (χ2n) is 7.60. The van der Waals surface area contributed by atoms with Crippen molar-refractivity contribution in [1.82, 2.24) is 4.90 Å². The molecule has 6 heteroatoms. The minimum absolute atomic E-state index is 0.0605. The number of anilines is 3. The summed E-state index contributed by atoms with van der Waals surface area (Å²) in [5.74, 6) is -0.183. The number of rotatable bonds is 6.